The van der Waals surface area contributed by atoms with E-state index in [9.17, 15) is 43.2 Å². The average Bonchev–Trinajstić information content (AvgIpc) is 1.56. The maximum absolute atomic E-state index is 13.1. The first kappa shape index (κ1) is 91.1. The van der Waals surface area contributed by atoms with Gasteiger partial charge in [-0.05, 0) is 49.4 Å². The zero-order chi connectivity index (χ0) is 68.9. The summed E-state index contributed by atoms with van der Waals surface area (Å²) in [6.45, 7) is 14.1. The fourth-order valence-electron chi connectivity index (χ4n) is 11.2. The van der Waals surface area contributed by atoms with E-state index >= 15 is 0 Å². The molecule has 0 bridgehead atoms. The van der Waals surface area contributed by atoms with Gasteiger partial charge in [0.25, 0.3) is 0 Å². The first-order chi connectivity index (χ1) is 44.6. The lowest BCUT2D eigenvalue weighted by Gasteiger charge is -2.21. The molecule has 19 heteroatoms. The molecule has 0 spiro atoms. The minimum absolute atomic E-state index is 0.105. The van der Waals surface area contributed by atoms with E-state index in [1.807, 2.05) is 0 Å². The van der Waals surface area contributed by atoms with Gasteiger partial charge in [-0.25, -0.2) is 9.13 Å². The van der Waals surface area contributed by atoms with Crippen molar-refractivity contribution >= 4 is 39.5 Å². The van der Waals surface area contributed by atoms with Crippen LogP contribution < -0.4 is 0 Å². The lowest BCUT2D eigenvalue weighted by atomic mass is 9.99. The zero-order valence-corrected chi connectivity index (χ0v) is 62.7. The summed E-state index contributed by atoms with van der Waals surface area (Å²) in [7, 11) is -9.91. The number of hydrogen-bond donors (Lipinski definition) is 3. The van der Waals surface area contributed by atoms with Crippen molar-refractivity contribution in [3.8, 4) is 0 Å². The van der Waals surface area contributed by atoms with E-state index in [1.165, 1.54) is 167 Å². The zero-order valence-electron chi connectivity index (χ0n) is 60.9. The number of phosphoric ester groups is 2. The number of aliphatic hydroxyl groups excluding tert-OH is 1. The number of carbonyl (C=O) groups is 4. The maximum Gasteiger partial charge on any atom is 0.472 e. The van der Waals surface area contributed by atoms with Crippen LogP contribution in [0.4, 0.5) is 0 Å². The molecule has 0 aromatic heterocycles. The van der Waals surface area contributed by atoms with Gasteiger partial charge in [-0.3, -0.25) is 37.3 Å². The van der Waals surface area contributed by atoms with Crippen molar-refractivity contribution in [1.29, 1.82) is 0 Å². The van der Waals surface area contributed by atoms with Gasteiger partial charge >= 0.3 is 39.5 Å². The highest BCUT2D eigenvalue weighted by atomic mass is 31.2. The second-order valence-corrected chi connectivity index (χ2v) is 31.3. The molecular formula is C74H144O17P2. The van der Waals surface area contributed by atoms with Crippen molar-refractivity contribution in [3.63, 3.8) is 0 Å². The number of ether oxygens (including phenoxy) is 4. The molecule has 0 rings (SSSR count). The van der Waals surface area contributed by atoms with Gasteiger partial charge in [0.1, 0.15) is 19.3 Å². The van der Waals surface area contributed by atoms with Gasteiger partial charge in [0.05, 0.1) is 26.4 Å². The highest BCUT2D eigenvalue weighted by molar-refractivity contribution is 7.47. The molecule has 6 atom stereocenters. The first-order valence-corrected chi connectivity index (χ1v) is 41.2. The Labute approximate surface area is 568 Å². The second-order valence-electron chi connectivity index (χ2n) is 28.4. The van der Waals surface area contributed by atoms with Crippen LogP contribution in [0.15, 0.2) is 0 Å². The third-order valence-electron chi connectivity index (χ3n) is 17.4. The van der Waals surface area contributed by atoms with Crippen molar-refractivity contribution in [2.45, 2.75) is 388 Å². The molecule has 0 heterocycles. The summed E-state index contributed by atoms with van der Waals surface area (Å²) in [6, 6.07) is 0. The Bertz CT molecular complexity index is 1840. The molecule has 552 valence electrons. The molecule has 93 heavy (non-hydrogen) atoms. The van der Waals surface area contributed by atoms with Crippen LogP contribution in [0.2, 0.25) is 0 Å². The summed E-state index contributed by atoms with van der Waals surface area (Å²) in [4.78, 5) is 72.7. The van der Waals surface area contributed by atoms with E-state index in [-0.39, 0.29) is 25.7 Å². The topological polar surface area (TPSA) is 237 Å². The summed E-state index contributed by atoms with van der Waals surface area (Å²) in [6.07, 6.45) is 47.2. The number of hydrogen-bond acceptors (Lipinski definition) is 15. The lowest BCUT2D eigenvalue weighted by molar-refractivity contribution is -0.161. The summed E-state index contributed by atoms with van der Waals surface area (Å²) in [5, 5.41) is 10.6. The molecule has 0 aromatic carbocycles. The molecule has 0 aromatic rings. The van der Waals surface area contributed by atoms with Gasteiger partial charge in [-0.1, -0.05) is 319 Å². The molecule has 17 nitrogen and oxygen atoms in total. The van der Waals surface area contributed by atoms with Crippen LogP contribution in [-0.2, 0) is 65.4 Å². The van der Waals surface area contributed by atoms with Crippen molar-refractivity contribution in [2.75, 3.05) is 39.6 Å². The van der Waals surface area contributed by atoms with Crippen molar-refractivity contribution < 1.29 is 80.2 Å². The third-order valence-corrected chi connectivity index (χ3v) is 19.3. The van der Waals surface area contributed by atoms with Crippen LogP contribution in [0, 0.1) is 23.7 Å². The van der Waals surface area contributed by atoms with Crippen LogP contribution in [-0.4, -0.2) is 96.7 Å². The third kappa shape index (κ3) is 67.0. The van der Waals surface area contributed by atoms with E-state index in [1.54, 1.807) is 0 Å². The molecule has 3 unspecified atom stereocenters. The number of phosphoric acid groups is 2. The van der Waals surface area contributed by atoms with Gasteiger partial charge in [-0.15, -0.1) is 0 Å². The second kappa shape index (κ2) is 63.5. The normalized spacial score (nSPS) is 14.5. The summed E-state index contributed by atoms with van der Waals surface area (Å²) >= 11 is 0. The maximum atomic E-state index is 13.1. The fourth-order valence-corrected chi connectivity index (χ4v) is 12.7. The minimum Gasteiger partial charge on any atom is -0.462 e. The first-order valence-electron chi connectivity index (χ1n) is 38.2. The van der Waals surface area contributed by atoms with E-state index in [0.717, 1.165) is 114 Å². The average molecular weight is 1370 g/mol. The SMILES string of the molecule is CCC(C)CCCCCCCCCCCCC(=O)O[C@H](COC(=O)CCCCCCCCC(C)C)COP(=O)(O)OC[C@H](O)COP(=O)(O)OC[C@@H](COC(=O)CCCCCCCCCCCCCC(C)C)OC(=O)CCCCCCCCCCCCCCCC(C)C. The largest absolute Gasteiger partial charge is 0.472 e. The molecule has 0 aliphatic heterocycles. The van der Waals surface area contributed by atoms with E-state index in [2.05, 4.69) is 55.4 Å². The standard InChI is InChI=1S/C74H144O17P2/c1-9-67(8)53-45-37-28-22-18-19-25-31-41-49-57-74(79)91-70(61-85-72(77)55-47-39-33-32-36-44-52-66(6)7)63-89-93(82,83)87-59-68(75)58-86-92(80,81)88-62-69(60-84-71(76)54-46-38-29-23-17-13-15-21-27-35-43-51-65(4)5)90-73(78)56-48-40-30-24-16-12-10-11-14-20-26-34-42-50-64(2)3/h64-70,75H,9-63H2,1-8H3,(H,80,81)(H,82,83)/t67?,68-,69-,70-/m1/s1. The molecule has 0 saturated heterocycles. The van der Waals surface area contributed by atoms with Crippen molar-refractivity contribution in [2.24, 2.45) is 23.7 Å². The monoisotopic (exact) mass is 1370 g/mol. The van der Waals surface area contributed by atoms with Crippen LogP contribution in [0.25, 0.3) is 0 Å². The molecule has 0 aliphatic carbocycles. The number of unbranched alkanes of at least 4 members (excludes halogenated alkanes) is 36. The van der Waals surface area contributed by atoms with Crippen molar-refractivity contribution in [3.05, 3.63) is 0 Å². The molecule has 0 aliphatic rings. The highest BCUT2D eigenvalue weighted by Gasteiger charge is 2.30. The Hall–Kier alpha value is -1.94. The Kier molecular flexibility index (Phi) is 62.2. The smallest absolute Gasteiger partial charge is 0.462 e. The Balaban J connectivity index is 5.25. The van der Waals surface area contributed by atoms with Crippen molar-refractivity contribution in [1.82, 2.24) is 0 Å². The molecule has 0 fully saturated rings. The van der Waals surface area contributed by atoms with Crippen LogP contribution in [0.3, 0.4) is 0 Å². The fraction of sp³-hybridized carbons (Fsp3) is 0.946. The van der Waals surface area contributed by atoms with E-state index in [0.29, 0.717) is 31.6 Å². The van der Waals surface area contributed by atoms with Gasteiger partial charge in [-0.2, -0.15) is 0 Å². The quantitative estimate of drug-likeness (QED) is 0.0222. The number of esters is 4. The predicted molar refractivity (Wildman–Crippen MR) is 377 cm³/mol. The van der Waals surface area contributed by atoms with E-state index in [4.69, 9.17) is 37.0 Å². The summed E-state index contributed by atoms with van der Waals surface area (Å²) in [5.41, 5.74) is 0. The minimum atomic E-state index is -4.96. The lowest BCUT2D eigenvalue weighted by Crippen LogP contribution is -2.30. The van der Waals surface area contributed by atoms with E-state index < -0.39 is 97.5 Å². The van der Waals surface area contributed by atoms with Gasteiger partial charge < -0.3 is 33.8 Å². The summed E-state index contributed by atoms with van der Waals surface area (Å²) < 4.78 is 68.4. The number of carbonyl (C=O) groups excluding carboxylic acids is 4. The Morgan fingerprint density at radius 3 is 0.763 bits per heavy atom. The highest BCUT2D eigenvalue weighted by Crippen LogP contribution is 2.45. The van der Waals surface area contributed by atoms with Crippen LogP contribution in [0.5, 0.6) is 0 Å². The van der Waals surface area contributed by atoms with Gasteiger partial charge in [0.2, 0.25) is 0 Å². The molecule has 0 amide bonds. The summed E-state index contributed by atoms with van der Waals surface area (Å²) in [5.74, 6) is 0.915. The Morgan fingerprint density at radius 1 is 0.301 bits per heavy atom. The predicted octanol–water partition coefficient (Wildman–Crippen LogP) is 21.3. The number of rotatable bonds is 71. The van der Waals surface area contributed by atoms with Crippen LogP contribution >= 0.6 is 15.6 Å². The molecule has 3 N–H and O–H groups in total. The Morgan fingerprint density at radius 2 is 0.516 bits per heavy atom. The molecule has 0 radical (unpaired) electrons. The van der Waals surface area contributed by atoms with Gasteiger partial charge in [0, 0.05) is 25.7 Å². The molecular weight excluding hydrogens is 1220 g/mol. The van der Waals surface area contributed by atoms with Crippen LogP contribution in [0.1, 0.15) is 370 Å². The van der Waals surface area contributed by atoms with Gasteiger partial charge in [0.15, 0.2) is 12.2 Å². The number of aliphatic hydroxyl groups is 1. The molecule has 0 saturated carbocycles.